The van der Waals surface area contributed by atoms with Gasteiger partial charge in [-0.05, 0) is 19.1 Å². The molecule has 0 radical (unpaired) electrons. The molecule has 0 saturated carbocycles. The second-order valence-electron chi connectivity index (χ2n) is 4.43. The lowest BCUT2D eigenvalue weighted by atomic mass is 10.0. The molecule has 0 amide bonds. The molecular weight excluding hydrogens is 224 g/mol. The van der Waals surface area contributed by atoms with Crippen LogP contribution in [0.1, 0.15) is 23.1 Å². The second-order valence-corrected chi connectivity index (χ2v) is 4.43. The van der Waals surface area contributed by atoms with Crippen molar-refractivity contribution in [2.24, 2.45) is 0 Å². The van der Waals surface area contributed by atoms with E-state index >= 15 is 0 Å². The number of para-hydroxylation sites is 1. The first kappa shape index (κ1) is 11.0. The van der Waals surface area contributed by atoms with Crippen molar-refractivity contribution in [2.45, 2.75) is 13.0 Å². The Morgan fingerprint density at radius 3 is 2.67 bits per heavy atom. The van der Waals surface area contributed by atoms with Crippen molar-refractivity contribution in [3.05, 3.63) is 65.6 Å². The molecule has 3 nitrogen and oxygen atoms in total. The summed E-state index contributed by atoms with van der Waals surface area (Å²) < 4.78 is 0. The number of aromatic amines is 2. The van der Waals surface area contributed by atoms with Crippen LogP contribution < -0.4 is 4.98 Å². The number of hydrogen-bond donors (Lipinski definition) is 2. The molecule has 3 N–H and O–H groups in total. The van der Waals surface area contributed by atoms with Crippen LogP contribution in [0.4, 0.5) is 0 Å². The van der Waals surface area contributed by atoms with E-state index < -0.39 is 6.10 Å². The van der Waals surface area contributed by atoms with E-state index in [-0.39, 0.29) is 0 Å². The Labute approximate surface area is 105 Å². The number of aryl methyl sites for hydroxylation is 1. The molecule has 0 bridgehead atoms. The number of aliphatic hydroxyl groups is 1. The molecular formula is C15H15N2O+. The van der Waals surface area contributed by atoms with Crippen LogP contribution in [0, 0.1) is 6.92 Å². The van der Waals surface area contributed by atoms with E-state index in [0.717, 1.165) is 27.9 Å². The predicted molar refractivity (Wildman–Crippen MR) is 70.1 cm³/mol. The largest absolute Gasteiger partial charge is 0.377 e. The van der Waals surface area contributed by atoms with Gasteiger partial charge < -0.3 is 10.1 Å². The van der Waals surface area contributed by atoms with Crippen LogP contribution in [-0.2, 0) is 0 Å². The van der Waals surface area contributed by atoms with Gasteiger partial charge in [-0.1, -0.05) is 18.2 Å². The molecule has 0 aliphatic heterocycles. The van der Waals surface area contributed by atoms with Crippen LogP contribution in [0.25, 0.3) is 10.9 Å². The lowest BCUT2D eigenvalue weighted by molar-refractivity contribution is -0.397. The molecule has 3 aromatic rings. The fraction of sp³-hybridized carbons (Fsp3) is 0.133. The topological polar surface area (TPSA) is 50.2 Å². The molecule has 1 aromatic carbocycles. The highest BCUT2D eigenvalue weighted by molar-refractivity contribution is 5.85. The summed E-state index contributed by atoms with van der Waals surface area (Å²) in [5.74, 6) is 0. The first-order valence-corrected chi connectivity index (χ1v) is 5.99. The Morgan fingerprint density at radius 1 is 1.11 bits per heavy atom. The fourth-order valence-corrected chi connectivity index (χ4v) is 2.38. The minimum absolute atomic E-state index is 0.637. The van der Waals surface area contributed by atoms with Crippen LogP contribution in [0.2, 0.25) is 0 Å². The van der Waals surface area contributed by atoms with Crippen LogP contribution in [0.15, 0.2) is 48.7 Å². The molecule has 2 heterocycles. The Bertz CT molecular complexity index is 673. The van der Waals surface area contributed by atoms with Crippen molar-refractivity contribution in [1.29, 1.82) is 0 Å². The number of nitrogens with one attached hydrogen (secondary N) is 2. The van der Waals surface area contributed by atoms with Gasteiger partial charge in [-0.15, -0.1) is 0 Å². The number of hydrogen-bond acceptors (Lipinski definition) is 1. The summed E-state index contributed by atoms with van der Waals surface area (Å²) in [6.07, 6.45) is 1.19. The number of aliphatic hydroxyl groups excluding tert-OH is 1. The third-order valence-corrected chi connectivity index (χ3v) is 3.24. The number of aromatic nitrogens is 2. The standard InChI is InChI=1S/C15H14N2O/c1-10-14(11-6-2-3-7-12(11)17-10)15(18)13-8-4-5-9-16-13/h2-9,15,17-18H,1H3/p+1. The van der Waals surface area contributed by atoms with Crippen molar-refractivity contribution >= 4 is 10.9 Å². The van der Waals surface area contributed by atoms with Crippen LogP contribution >= 0.6 is 0 Å². The minimum Gasteiger partial charge on any atom is -0.377 e. The number of rotatable bonds is 2. The number of fused-ring (bicyclic) bond motifs is 1. The Balaban J connectivity index is 2.17. The number of pyridine rings is 1. The minimum atomic E-state index is -0.637. The predicted octanol–water partition coefficient (Wildman–Crippen LogP) is 2.37. The Hall–Kier alpha value is -2.13. The molecule has 1 atom stereocenters. The van der Waals surface area contributed by atoms with Gasteiger partial charge in [0.2, 0.25) is 5.69 Å². The van der Waals surface area contributed by atoms with Crippen molar-refractivity contribution < 1.29 is 10.1 Å². The third kappa shape index (κ3) is 1.69. The van der Waals surface area contributed by atoms with Gasteiger partial charge in [0.1, 0.15) is 0 Å². The fourth-order valence-electron chi connectivity index (χ4n) is 2.38. The van der Waals surface area contributed by atoms with Gasteiger partial charge in [0, 0.05) is 34.3 Å². The summed E-state index contributed by atoms with van der Waals surface area (Å²) >= 11 is 0. The first-order chi connectivity index (χ1) is 8.77. The number of H-pyrrole nitrogens is 2. The molecule has 0 saturated heterocycles. The summed E-state index contributed by atoms with van der Waals surface area (Å²) in [5, 5.41) is 11.6. The summed E-state index contributed by atoms with van der Waals surface area (Å²) in [5.41, 5.74) is 3.79. The van der Waals surface area contributed by atoms with Gasteiger partial charge in [-0.2, -0.15) is 0 Å². The SMILES string of the molecule is Cc1[nH]c2ccccc2c1C(O)c1cccc[nH+]1. The van der Waals surface area contributed by atoms with Gasteiger partial charge in [0.05, 0.1) is 0 Å². The maximum Gasteiger partial charge on any atom is 0.213 e. The van der Waals surface area contributed by atoms with E-state index in [2.05, 4.69) is 9.97 Å². The molecule has 0 aliphatic rings. The quantitative estimate of drug-likeness (QED) is 0.708. The lowest BCUT2D eigenvalue weighted by Gasteiger charge is -2.06. The van der Waals surface area contributed by atoms with Gasteiger partial charge in [0.25, 0.3) is 0 Å². The van der Waals surface area contributed by atoms with Crippen molar-refractivity contribution in [1.82, 2.24) is 4.98 Å². The summed E-state index contributed by atoms with van der Waals surface area (Å²) in [4.78, 5) is 6.39. The van der Waals surface area contributed by atoms with E-state index in [1.807, 2.05) is 55.6 Å². The molecule has 18 heavy (non-hydrogen) atoms. The van der Waals surface area contributed by atoms with Crippen LogP contribution in [0.3, 0.4) is 0 Å². The van der Waals surface area contributed by atoms with Crippen molar-refractivity contribution in [3.8, 4) is 0 Å². The van der Waals surface area contributed by atoms with Gasteiger partial charge >= 0.3 is 0 Å². The zero-order chi connectivity index (χ0) is 12.5. The van der Waals surface area contributed by atoms with E-state index in [1.165, 1.54) is 0 Å². The molecule has 0 aliphatic carbocycles. The average molecular weight is 239 g/mol. The van der Waals surface area contributed by atoms with E-state index in [0.29, 0.717) is 0 Å². The molecule has 0 fully saturated rings. The highest BCUT2D eigenvalue weighted by Gasteiger charge is 2.22. The zero-order valence-electron chi connectivity index (χ0n) is 10.1. The third-order valence-electron chi connectivity index (χ3n) is 3.24. The second kappa shape index (κ2) is 4.27. The molecule has 90 valence electrons. The van der Waals surface area contributed by atoms with Gasteiger partial charge in [0.15, 0.2) is 12.3 Å². The molecule has 1 unspecified atom stereocenters. The van der Waals surface area contributed by atoms with E-state index in [1.54, 1.807) is 0 Å². The van der Waals surface area contributed by atoms with Gasteiger partial charge in [-0.25, -0.2) is 4.98 Å². The molecule has 3 heteroatoms. The summed E-state index contributed by atoms with van der Waals surface area (Å²) in [6, 6.07) is 13.7. The molecule has 3 rings (SSSR count). The lowest BCUT2D eigenvalue weighted by Crippen LogP contribution is -2.15. The normalized spacial score (nSPS) is 12.8. The highest BCUT2D eigenvalue weighted by Crippen LogP contribution is 2.30. The maximum atomic E-state index is 10.5. The summed E-state index contributed by atoms with van der Waals surface area (Å²) in [7, 11) is 0. The van der Waals surface area contributed by atoms with Crippen LogP contribution in [0.5, 0.6) is 0 Å². The average Bonchev–Trinajstić information content (AvgIpc) is 2.75. The maximum absolute atomic E-state index is 10.5. The van der Waals surface area contributed by atoms with Gasteiger partial charge in [-0.3, -0.25) is 0 Å². The smallest absolute Gasteiger partial charge is 0.213 e. The van der Waals surface area contributed by atoms with Crippen LogP contribution in [-0.4, -0.2) is 10.1 Å². The number of benzene rings is 1. The monoisotopic (exact) mass is 239 g/mol. The van der Waals surface area contributed by atoms with Crippen molar-refractivity contribution in [2.75, 3.05) is 0 Å². The highest BCUT2D eigenvalue weighted by atomic mass is 16.3. The summed E-state index contributed by atoms with van der Waals surface area (Å²) in [6.45, 7) is 1.99. The Kier molecular flexibility index (Phi) is 2.61. The van der Waals surface area contributed by atoms with E-state index in [4.69, 9.17) is 0 Å². The molecule has 2 aromatic heterocycles. The first-order valence-electron chi connectivity index (χ1n) is 5.99. The Morgan fingerprint density at radius 2 is 1.89 bits per heavy atom. The molecule has 0 spiro atoms. The van der Waals surface area contributed by atoms with Crippen molar-refractivity contribution in [3.63, 3.8) is 0 Å². The zero-order valence-corrected chi connectivity index (χ0v) is 10.1. The van der Waals surface area contributed by atoms with E-state index in [9.17, 15) is 5.11 Å².